The molecule has 2 N–H and O–H groups in total. The summed E-state index contributed by atoms with van der Waals surface area (Å²) in [7, 11) is 0. The number of hydrogen-bond acceptors (Lipinski definition) is 3. The lowest BCUT2D eigenvalue weighted by molar-refractivity contribution is -0.00611. The van der Waals surface area contributed by atoms with Crippen molar-refractivity contribution in [2.24, 2.45) is 5.92 Å². The summed E-state index contributed by atoms with van der Waals surface area (Å²) >= 11 is 0. The van der Waals surface area contributed by atoms with Gasteiger partial charge in [0.2, 0.25) is 0 Å². The summed E-state index contributed by atoms with van der Waals surface area (Å²) in [4.78, 5) is 12.0. The molecule has 1 aromatic carbocycles. The largest absolute Gasteiger partial charge is 0.466 e. The highest BCUT2D eigenvalue weighted by atomic mass is 19.1. The first-order valence-corrected chi connectivity index (χ1v) is 6.90. The maximum atomic E-state index is 13.1. The number of carbonyl (C=O) groups excluding carboxylic acids is 1. The second-order valence-electron chi connectivity index (χ2n) is 5.37. The van der Waals surface area contributed by atoms with Crippen molar-refractivity contribution in [1.29, 1.82) is 0 Å². The number of nitrogens with one attached hydrogen (secondary N) is 1. The van der Waals surface area contributed by atoms with Crippen molar-refractivity contribution < 1.29 is 18.7 Å². The molecule has 1 amide bonds. The Morgan fingerprint density at radius 1 is 1.38 bits per heavy atom. The number of furan rings is 1. The van der Waals surface area contributed by atoms with E-state index >= 15 is 0 Å². The van der Waals surface area contributed by atoms with E-state index in [1.54, 1.807) is 12.1 Å². The third kappa shape index (κ3) is 2.83. The number of carbonyl (C=O) groups is 1. The zero-order chi connectivity index (χ0) is 14.9. The van der Waals surface area contributed by atoms with Crippen LogP contribution >= 0.6 is 0 Å². The maximum absolute atomic E-state index is 13.1. The average molecular weight is 289 g/mol. The van der Waals surface area contributed by atoms with Gasteiger partial charge in [-0.15, -0.1) is 0 Å². The number of halogens is 1. The Labute approximate surface area is 121 Å². The predicted octanol–water partition coefficient (Wildman–Crippen LogP) is 2.45. The predicted molar refractivity (Wildman–Crippen MR) is 74.1 cm³/mol. The van der Waals surface area contributed by atoms with Gasteiger partial charge < -0.3 is 14.8 Å². The van der Waals surface area contributed by atoms with Crippen LogP contribution in [0.2, 0.25) is 0 Å². The monoisotopic (exact) mass is 289 g/mol. The molecule has 1 aliphatic rings. The summed E-state index contributed by atoms with van der Waals surface area (Å²) in [5.74, 6) is -0.354. The first-order valence-electron chi connectivity index (χ1n) is 6.90. The van der Waals surface area contributed by atoms with Gasteiger partial charge in [0.25, 0.3) is 5.91 Å². The molecule has 0 saturated heterocycles. The van der Waals surface area contributed by atoms with E-state index in [1.165, 1.54) is 30.5 Å². The fourth-order valence-electron chi connectivity index (χ4n) is 2.47. The zero-order valence-electron chi connectivity index (χ0n) is 11.4. The van der Waals surface area contributed by atoms with Gasteiger partial charge in [-0.3, -0.25) is 4.79 Å². The molecule has 0 unspecified atom stereocenters. The molecule has 21 heavy (non-hydrogen) atoms. The van der Waals surface area contributed by atoms with Crippen LogP contribution in [0, 0.1) is 11.7 Å². The van der Waals surface area contributed by atoms with Gasteiger partial charge >= 0.3 is 0 Å². The Hall–Kier alpha value is -2.14. The Balaban J connectivity index is 1.72. The minimum Gasteiger partial charge on any atom is -0.466 e. The zero-order valence-corrected chi connectivity index (χ0v) is 11.4. The lowest BCUT2D eigenvalue weighted by atomic mass is 9.94. The summed E-state index contributed by atoms with van der Waals surface area (Å²) in [5.41, 5.74) is -0.973. The molecule has 0 radical (unpaired) electrons. The van der Waals surface area contributed by atoms with E-state index in [1.807, 2.05) is 0 Å². The van der Waals surface area contributed by atoms with Gasteiger partial charge in [-0.05, 0) is 49.1 Å². The molecular formula is C16H16FNO3. The first-order chi connectivity index (χ1) is 10.1. The summed E-state index contributed by atoms with van der Waals surface area (Å²) in [6.45, 7) is 0.0422. The standard InChI is InChI=1S/C16H16FNO3/c17-13-4-1-3-11(9-13)15(19)18-10-16(20,12-6-7-12)14-5-2-8-21-14/h1-5,8-9,12,20H,6-7,10H2,(H,18,19)/t16-/m1/s1. The molecule has 0 aliphatic heterocycles. The minimum atomic E-state index is -1.20. The van der Waals surface area contributed by atoms with Crippen LogP contribution in [0.1, 0.15) is 29.0 Å². The van der Waals surface area contributed by atoms with Crippen molar-refractivity contribution in [1.82, 2.24) is 5.32 Å². The lowest BCUT2D eigenvalue weighted by Gasteiger charge is -2.26. The molecule has 110 valence electrons. The number of amides is 1. The molecule has 1 fully saturated rings. The Morgan fingerprint density at radius 2 is 2.19 bits per heavy atom. The minimum absolute atomic E-state index is 0.0422. The van der Waals surface area contributed by atoms with Crippen molar-refractivity contribution in [3.8, 4) is 0 Å². The second kappa shape index (κ2) is 5.33. The second-order valence-corrected chi connectivity index (χ2v) is 5.37. The Morgan fingerprint density at radius 3 is 2.81 bits per heavy atom. The van der Waals surface area contributed by atoms with E-state index in [0.29, 0.717) is 5.76 Å². The highest BCUT2D eigenvalue weighted by molar-refractivity contribution is 5.94. The Kier molecular flexibility index (Phi) is 3.51. The normalized spacial score (nSPS) is 17.2. The van der Waals surface area contributed by atoms with Crippen LogP contribution in [0.25, 0.3) is 0 Å². The van der Waals surface area contributed by atoms with Gasteiger partial charge in [0, 0.05) is 5.56 Å². The van der Waals surface area contributed by atoms with Crippen molar-refractivity contribution in [2.45, 2.75) is 18.4 Å². The van der Waals surface area contributed by atoms with E-state index in [-0.39, 0.29) is 18.0 Å². The fourth-order valence-corrected chi connectivity index (χ4v) is 2.47. The van der Waals surface area contributed by atoms with Gasteiger partial charge in [0.15, 0.2) is 0 Å². The van der Waals surface area contributed by atoms with Crippen LogP contribution in [0.3, 0.4) is 0 Å². The van der Waals surface area contributed by atoms with Crippen LogP contribution in [0.5, 0.6) is 0 Å². The summed E-state index contributed by atoms with van der Waals surface area (Å²) in [6, 6.07) is 8.85. The van der Waals surface area contributed by atoms with Crippen LogP contribution in [0.4, 0.5) is 4.39 Å². The van der Waals surface area contributed by atoms with Crippen LogP contribution in [-0.4, -0.2) is 17.6 Å². The van der Waals surface area contributed by atoms with Gasteiger partial charge in [-0.2, -0.15) is 0 Å². The summed E-state index contributed by atoms with van der Waals surface area (Å²) in [6.07, 6.45) is 3.29. The first kappa shape index (κ1) is 13.8. The molecule has 0 bridgehead atoms. The quantitative estimate of drug-likeness (QED) is 0.888. The topological polar surface area (TPSA) is 62.5 Å². The molecule has 1 aromatic heterocycles. The molecule has 2 aromatic rings. The van der Waals surface area contributed by atoms with E-state index in [2.05, 4.69) is 5.32 Å². The van der Waals surface area contributed by atoms with Crippen molar-refractivity contribution in [2.75, 3.05) is 6.54 Å². The third-order valence-electron chi connectivity index (χ3n) is 3.81. The molecule has 1 aliphatic carbocycles. The number of hydrogen-bond donors (Lipinski definition) is 2. The van der Waals surface area contributed by atoms with Crippen molar-refractivity contribution >= 4 is 5.91 Å². The highest BCUT2D eigenvalue weighted by Gasteiger charge is 2.47. The summed E-state index contributed by atoms with van der Waals surface area (Å²) in [5, 5.41) is 13.4. The summed E-state index contributed by atoms with van der Waals surface area (Å²) < 4.78 is 18.4. The van der Waals surface area contributed by atoms with Crippen molar-refractivity contribution in [3.05, 3.63) is 59.8 Å². The molecule has 1 heterocycles. The number of benzene rings is 1. The van der Waals surface area contributed by atoms with E-state index in [9.17, 15) is 14.3 Å². The molecule has 1 atom stereocenters. The van der Waals surface area contributed by atoms with Crippen LogP contribution in [0.15, 0.2) is 47.1 Å². The van der Waals surface area contributed by atoms with Gasteiger partial charge in [0.1, 0.15) is 17.2 Å². The molecular weight excluding hydrogens is 273 g/mol. The maximum Gasteiger partial charge on any atom is 0.251 e. The molecule has 5 heteroatoms. The lowest BCUT2D eigenvalue weighted by Crippen LogP contribution is -2.42. The van der Waals surface area contributed by atoms with Crippen LogP contribution in [-0.2, 0) is 5.60 Å². The highest BCUT2D eigenvalue weighted by Crippen LogP contribution is 2.45. The van der Waals surface area contributed by atoms with E-state index in [0.717, 1.165) is 12.8 Å². The van der Waals surface area contributed by atoms with Crippen LogP contribution < -0.4 is 5.32 Å². The van der Waals surface area contributed by atoms with Gasteiger partial charge in [-0.1, -0.05) is 6.07 Å². The van der Waals surface area contributed by atoms with E-state index in [4.69, 9.17) is 4.42 Å². The number of rotatable bonds is 5. The smallest absolute Gasteiger partial charge is 0.251 e. The molecule has 1 saturated carbocycles. The van der Waals surface area contributed by atoms with E-state index < -0.39 is 17.3 Å². The van der Waals surface area contributed by atoms with Gasteiger partial charge in [-0.25, -0.2) is 4.39 Å². The van der Waals surface area contributed by atoms with Gasteiger partial charge in [0.05, 0.1) is 12.8 Å². The molecule has 0 spiro atoms. The van der Waals surface area contributed by atoms with Crippen molar-refractivity contribution in [3.63, 3.8) is 0 Å². The average Bonchev–Trinajstić information content (AvgIpc) is 3.19. The molecule has 4 nitrogen and oxygen atoms in total. The Bertz CT molecular complexity index is 637. The fraction of sp³-hybridized carbons (Fsp3) is 0.312. The number of aliphatic hydroxyl groups is 1. The molecule has 3 rings (SSSR count). The SMILES string of the molecule is O=C(NC[C@](O)(c1ccco1)C1CC1)c1cccc(F)c1. The third-order valence-corrected chi connectivity index (χ3v) is 3.81.